The minimum Gasteiger partial charge on any atom is -0.488 e. The number of allylic oxidation sites excluding steroid dienone is 1. The molecule has 0 radical (unpaired) electrons. The summed E-state index contributed by atoms with van der Waals surface area (Å²) in [6.07, 6.45) is -5.08. The lowest BCUT2D eigenvalue weighted by atomic mass is 9.87. The van der Waals surface area contributed by atoms with Gasteiger partial charge in [0.1, 0.15) is 48.6 Å². The van der Waals surface area contributed by atoms with Crippen LogP contribution < -0.4 is 9.47 Å². The predicted molar refractivity (Wildman–Crippen MR) is 147 cm³/mol. The number of ether oxygens (including phenoxy) is 4. The SMILES string of the molecule is CCOC(=O)Oc1ccc(C=CC(=O)c2c(OCc3ccccc3)cccc2[C@@H]2O[C@H](CO)[C@@H](O)[C@H](O)[C@H]2O)cc1. The largest absolute Gasteiger partial charge is 0.513 e. The average molecular weight is 565 g/mol. The Labute approximate surface area is 237 Å². The van der Waals surface area contributed by atoms with Crippen LogP contribution in [0.2, 0.25) is 0 Å². The van der Waals surface area contributed by atoms with Gasteiger partial charge in [-0.3, -0.25) is 4.79 Å². The van der Waals surface area contributed by atoms with Crippen molar-refractivity contribution in [3.63, 3.8) is 0 Å². The van der Waals surface area contributed by atoms with Gasteiger partial charge in [-0.1, -0.05) is 60.7 Å². The van der Waals surface area contributed by atoms with Gasteiger partial charge < -0.3 is 39.4 Å². The summed E-state index contributed by atoms with van der Waals surface area (Å²) in [4.78, 5) is 25.2. The van der Waals surface area contributed by atoms with E-state index in [2.05, 4.69) is 0 Å². The number of aliphatic hydroxyl groups is 4. The molecule has 1 saturated heterocycles. The third-order valence-electron chi connectivity index (χ3n) is 6.51. The molecule has 10 heteroatoms. The quantitative estimate of drug-likeness (QED) is 0.125. The van der Waals surface area contributed by atoms with E-state index in [1.165, 1.54) is 6.08 Å². The van der Waals surface area contributed by atoms with E-state index in [-0.39, 0.29) is 35.8 Å². The number of aliphatic hydroxyl groups excluding tert-OH is 4. The normalized spacial score (nSPS) is 22.3. The van der Waals surface area contributed by atoms with Crippen LogP contribution in [0, 0.1) is 0 Å². The number of rotatable bonds is 10. The lowest BCUT2D eigenvalue weighted by Crippen LogP contribution is -2.55. The molecule has 0 spiro atoms. The first-order chi connectivity index (χ1) is 19.8. The maximum absolute atomic E-state index is 13.7. The highest BCUT2D eigenvalue weighted by molar-refractivity contribution is 6.09. The van der Waals surface area contributed by atoms with E-state index in [0.29, 0.717) is 5.56 Å². The van der Waals surface area contributed by atoms with E-state index < -0.39 is 49.1 Å². The van der Waals surface area contributed by atoms with Gasteiger partial charge in [-0.25, -0.2) is 4.79 Å². The van der Waals surface area contributed by atoms with Crippen molar-refractivity contribution in [2.24, 2.45) is 0 Å². The number of hydrogen-bond donors (Lipinski definition) is 4. The first-order valence-corrected chi connectivity index (χ1v) is 13.1. The van der Waals surface area contributed by atoms with Crippen LogP contribution in [0.15, 0.2) is 78.9 Å². The molecule has 216 valence electrons. The second-order valence-electron chi connectivity index (χ2n) is 9.30. The minimum atomic E-state index is -1.62. The topological polar surface area (TPSA) is 152 Å². The summed E-state index contributed by atoms with van der Waals surface area (Å²) in [5, 5.41) is 41.1. The first-order valence-electron chi connectivity index (χ1n) is 13.1. The fourth-order valence-electron chi connectivity index (χ4n) is 4.41. The van der Waals surface area contributed by atoms with Crippen molar-refractivity contribution in [2.45, 2.75) is 44.1 Å². The maximum atomic E-state index is 13.7. The monoisotopic (exact) mass is 564 g/mol. The molecule has 41 heavy (non-hydrogen) atoms. The third-order valence-corrected chi connectivity index (χ3v) is 6.51. The highest BCUT2D eigenvalue weighted by Crippen LogP contribution is 2.37. The van der Waals surface area contributed by atoms with E-state index in [1.54, 1.807) is 55.5 Å². The standard InChI is InChI=1S/C31H32O10/c1-2-38-31(37)40-21-14-11-19(12-15-21)13-16-23(33)26-22(30-29(36)28(35)27(34)25(17-32)41-30)9-6-10-24(26)39-18-20-7-4-3-5-8-20/h3-16,25,27-30,32,34-36H,2,17-18H2,1H3/t25-,27-,28+,29-,30+/m1/s1. The van der Waals surface area contributed by atoms with Gasteiger partial charge in [0.15, 0.2) is 5.78 Å². The molecular formula is C31H32O10. The van der Waals surface area contributed by atoms with Crippen LogP contribution in [0.25, 0.3) is 6.08 Å². The lowest BCUT2D eigenvalue weighted by molar-refractivity contribution is -0.231. The lowest BCUT2D eigenvalue weighted by Gasteiger charge is -2.40. The Morgan fingerprint density at radius 1 is 0.902 bits per heavy atom. The Bertz CT molecular complexity index is 1340. The summed E-state index contributed by atoms with van der Waals surface area (Å²) in [6, 6.07) is 20.5. The Morgan fingerprint density at radius 2 is 1.63 bits per heavy atom. The van der Waals surface area contributed by atoms with Crippen LogP contribution in [0.4, 0.5) is 4.79 Å². The zero-order valence-electron chi connectivity index (χ0n) is 22.3. The smallest absolute Gasteiger partial charge is 0.488 e. The molecule has 3 aromatic carbocycles. The zero-order valence-corrected chi connectivity index (χ0v) is 22.3. The van der Waals surface area contributed by atoms with E-state index in [0.717, 1.165) is 5.56 Å². The number of ketones is 1. The highest BCUT2D eigenvalue weighted by atomic mass is 16.7. The van der Waals surface area contributed by atoms with E-state index in [1.807, 2.05) is 30.3 Å². The molecule has 0 saturated carbocycles. The molecule has 0 aromatic heterocycles. The Kier molecular flexibility index (Phi) is 10.2. The molecular weight excluding hydrogens is 532 g/mol. The van der Waals surface area contributed by atoms with Crippen molar-refractivity contribution in [1.29, 1.82) is 0 Å². The number of benzene rings is 3. The predicted octanol–water partition coefficient (Wildman–Crippen LogP) is 3.21. The van der Waals surface area contributed by atoms with Gasteiger partial charge in [-0.2, -0.15) is 0 Å². The number of carbonyl (C=O) groups excluding carboxylic acids is 2. The minimum absolute atomic E-state index is 0.0891. The Hall–Kier alpha value is -4.06. The van der Waals surface area contributed by atoms with E-state index in [4.69, 9.17) is 18.9 Å². The molecule has 3 aromatic rings. The summed E-state index contributed by atoms with van der Waals surface area (Å²) >= 11 is 0. The van der Waals surface area contributed by atoms with Gasteiger partial charge in [-0.15, -0.1) is 0 Å². The van der Waals surface area contributed by atoms with Crippen molar-refractivity contribution in [2.75, 3.05) is 13.2 Å². The van der Waals surface area contributed by atoms with Gasteiger partial charge in [0, 0.05) is 0 Å². The zero-order chi connectivity index (χ0) is 29.4. The summed E-state index contributed by atoms with van der Waals surface area (Å²) in [5.41, 5.74) is 1.81. The molecule has 1 heterocycles. The molecule has 0 aliphatic carbocycles. The van der Waals surface area contributed by atoms with Gasteiger partial charge in [-0.05, 0) is 47.9 Å². The van der Waals surface area contributed by atoms with E-state index in [9.17, 15) is 30.0 Å². The summed E-state index contributed by atoms with van der Waals surface area (Å²) in [6.45, 7) is 1.40. The van der Waals surface area contributed by atoms with Crippen molar-refractivity contribution >= 4 is 18.0 Å². The first kappa shape index (κ1) is 29.9. The van der Waals surface area contributed by atoms with Crippen molar-refractivity contribution < 1.29 is 49.0 Å². The van der Waals surface area contributed by atoms with Gasteiger partial charge in [0.2, 0.25) is 0 Å². The van der Waals surface area contributed by atoms with Crippen LogP contribution in [-0.4, -0.2) is 70.0 Å². The van der Waals surface area contributed by atoms with Crippen molar-refractivity contribution in [1.82, 2.24) is 0 Å². The van der Waals surface area contributed by atoms with Crippen LogP contribution in [0.5, 0.6) is 11.5 Å². The summed E-state index contributed by atoms with van der Waals surface area (Å²) in [5.74, 6) is 0.0140. The molecule has 0 unspecified atom stereocenters. The highest BCUT2D eigenvalue weighted by Gasteiger charge is 2.45. The van der Waals surface area contributed by atoms with Crippen LogP contribution >= 0.6 is 0 Å². The molecule has 1 aliphatic rings. The van der Waals surface area contributed by atoms with Crippen LogP contribution in [0.1, 0.15) is 40.1 Å². The fourth-order valence-corrected chi connectivity index (χ4v) is 4.41. The van der Waals surface area contributed by atoms with Crippen LogP contribution in [-0.2, 0) is 16.1 Å². The van der Waals surface area contributed by atoms with Crippen LogP contribution in [0.3, 0.4) is 0 Å². The summed E-state index contributed by atoms with van der Waals surface area (Å²) < 4.78 is 21.6. The molecule has 0 amide bonds. The fraction of sp³-hybridized carbons (Fsp3) is 0.290. The second-order valence-corrected chi connectivity index (χ2v) is 9.30. The molecule has 4 rings (SSSR count). The van der Waals surface area contributed by atoms with E-state index >= 15 is 0 Å². The van der Waals surface area contributed by atoms with Crippen molar-refractivity contribution in [3.05, 3.63) is 101 Å². The molecule has 1 fully saturated rings. The Balaban J connectivity index is 1.64. The van der Waals surface area contributed by atoms with Gasteiger partial charge in [0.05, 0.1) is 18.8 Å². The van der Waals surface area contributed by atoms with Crippen molar-refractivity contribution in [3.8, 4) is 11.5 Å². The third kappa shape index (κ3) is 7.37. The molecule has 1 aliphatic heterocycles. The molecule has 5 atom stereocenters. The molecule has 0 bridgehead atoms. The second kappa shape index (κ2) is 14.0. The van der Waals surface area contributed by atoms with Gasteiger partial charge in [0.25, 0.3) is 0 Å². The molecule has 4 N–H and O–H groups in total. The number of hydrogen-bond acceptors (Lipinski definition) is 10. The summed E-state index contributed by atoms with van der Waals surface area (Å²) in [7, 11) is 0. The molecule has 10 nitrogen and oxygen atoms in total. The van der Waals surface area contributed by atoms with Gasteiger partial charge >= 0.3 is 6.16 Å². The Morgan fingerprint density at radius 3 is 2.32 bits per heavy atom. The average Bonchev–Trinajstić information content (AvgIpc) is 2.99. The maximum Gasteiger partial charge on any atom is 0.513 e. The number of carbonyl (C=O) groups is 2.